The lowest BCUT2D eigenvalue weighted by Crippen LogP contribution is -1.93. The molecule has 0 saturated carbocycles. The normalized spacial score (nSPS) is 12.3. The summed E-state index contributed by atoms with van der Waals surface area (Å²) >= 11 is 1.90. The number of fused-ring (bicyclic) bond motifs is 10. The van der Waals surface area contributed by atoms with Gasteiger partial charge in [0.1, 0.15) is 0 Å². The zero-order chi connectivity index (χ0) is 33.2. The van der Waals surface area contributed by atoms with E-state index in [0.29, 0.717) is 0 Å². The molecule has 0 spiro atoms. The van der Waals surface area contributed by atoms with Crippen molar-refractivity contribution in [1.29, 1.82) is 0 Å². The molecule has 0 fully saturated rings. The molecule has 12 aromatic rings. The zero-order valence-corrected chi connectivity index (χ0v) is 28.3. The van der Waals surface area contributed by atoms with Crippen LogP contribution in [0.4, 0.5) is 0 Å². The molecule has 236 valence electrons. The molecule has 0 unspecified atom stereocenters. The van der Waals surface area contributed by atoms with Gasteiger partial charge in [-0.05, 0) is 70.4 Å². The Morgan fingerprint density at radius 3 is 1.59 bits per heavy atom. The molecule has 0 N–H and O–H groups in total. The fourth-order valence-corrected chi connectivity index (χ4v) is 10.1. The molecule has 0 bridgehead atoms. The number of benzene rings is 8. The first-order chi connectivity index (χ1) is 25.3. The Morgan fingerprint density at radius 1 is 0.333 bits per heavy atom. The van der Waals surface area contributed by atoms with E-state index in [1.54, 1.807) is 0 Å². The number of hydrogen-bond donors (Lipinski definition) is 0. The van der Waals surface area contributed by atoms with Crippen molar-refractivity contribution in [3.05, 3.63) is 170 Å². The van der Waals surface area contributed by atoms with Crippen LogP contribution in [0.2, 0.25) is 0 Å². The first-order valence-corrected chi connectivity index (χ1v) is 18.3. The Morgan fingerprint density at radius 2 is 0.843 bits per heavy atom. The van der Waals surface area contributed by atoms with Crippen LogP contribution in [-0.4, -0.2) is 8.97 Å². The molecular formula is C48H28N2S. The fraction of sp³-hybridized carbons (Fsp3) is 0. The summed E-state index contributed by atoms with van der Waals surface area (Å²) in [6.07, 6.45) is 0. The van der Waals surface area contributed by atoms with Gasteiger partial charge in [-0.15, -0.1) is 11.3 Å². The number of para-hydroxylation sites is 3. The minimum atomic E-state index is 1.16. The molecule has 4 aromatic heterocycles. The molecule has 0 amide bonds. The predicted octanol–water partition coefficient (Wildman–Crippen LogP) is 13.7. The fourth-order valence-electron chi connectivity index (χ4n) is 8.92. The van der Waals surface area contributed by atoms with Crippen molar-refractivity contribution in [3.8, 4) is 16.8 Å². The van der Waals surface area contributed by atoms with Gasteiger partial charge in [-0.3, -0.25) is 0 Å². The maximum Gasteiger partial charge on any atom is 0.0619 e. The summed E-state index contributed by atoms with van der Waals surface area (Å²) in [5.41, 5.74) is 9.74. The van der Waals surface area contributed by atoms with Crippen molar-refractivity contribution in [2.45, 2.75) is 0 Å². The highest BCUT2D eigenvalue weighted by Gasteiger charge is 2.20. The van der Waals surface area contributed by atoms with Crippen LogP contribution in [0.3, 0.4) is 0 Å². The largest absolute Gasteiger partial charge is 0.309 e. The molecule has 2 nitrogen and oxygen atoms in total. The van der Waals surface area contributed by atoms with Crippen LogP contribution in [0.1, 0.15) is 0 Å². The third kappa shape index (κ3) is 3.65. The van der Waals surface area contributed by atoms with E-state index in [2.05, 4.69) is 179 Å². The maximum absolute atomic E-state index is 2.56. The molecule has 8 aromatic carbocycles. The molecule has 0 radical (unpaired) electrons. The molecule has 12 rings (SSSR count). The monoisotopic (exact) mass is 664 g/mol. The Bertz CT molecular complexity index is 3400. The number of aromatic nitrogens is 2. The summed E-state index contributed by atoms with van der Waals surface area (Å²) < 4.78 is 7.67. The second kappa shape index (κ2) is 10.1. The van der Waals surface area contributed by atoms with E-state index in [-0.39, 0.29) is 0 Å². The summed E-state index contributed by atoms with van der Waals surface area (Å²) in [7, 11) is 0. The molecule has 3 heteroatoms. The van der Waals surface area contributed by atoms with Crippen molar-refractivity contribution < 1.29 is 0 Å². The number of thiophene rings is 1. The van der Waals surface area contributed by atoms with Crippen LogP contribution >= 0.6 is 11.3 Å². The number of hydrogen-bond acceptors (Lipinski definition) is 1. The van der Waals surface area contributed by atoms with E-state index in [1.165, 1.54) is 102 Å². The van der Waals surface area contributed by atoms with E-state index in [4.69, 9.17) is 0 Å². The molecular weight excluding hydrogens is 637 g/mol. The van der Waals surface area contributed by atoms with Gasteiger partial charge in [-0.1, -0.05) is 121 Å². The first-order valence-electron chi connectivity index (χ1n) is 17.5. The number of nitrogens with zero attached hydrogens (tertiary/aromatic N) is 2. The van der Waals surface area contributed by atoms with Crippen molar-refractivity contribution in [2.75, 3.05) is 0 Å². The van der Waals surface area contributed by atoms with Crippen LogP contribution < -0.4 is 0 Å². The van der Waals surface area contributed by atoms with Crippen LogP contribution in [0.5, 0.6) is 0 Å². The quantitative estimate of drug-likeness (QED) is 0.174. The first kappa shape index (κ1) is 27.4. The third-order valence-corrected chi connectivity index (χ3v) is 12.2. The Hall–Kier alpha value is -6.42. The van der Waals surface area contributed by atoms with E-state index >= 15 is 0 Å². The second-order valence-corrected chi connectivity index (χ2v) is 14.7. The van der Waals surface area contributed by atoms with Gasteiger partial charge in [0.15, 0.2) is 0 Å². The van der Waals surface area contributed by atoms with Gasteiger partial charge in [0.25, 0.3) is 0 Å². The average Bonchev–Trinajstić information content (AvgIpc) is 3.85. The minimum Gasteiger partial charge on any atom is -0.309 e. The lowest BCUT2D eigenvalue weighted by atomic mass is 10.0. The molecule has 0 aliphatic rings. The smallest absolute Gasteiger partial charge is 0.0619 e. The van der Waals surface area contributed by atoms with Gasteiger partial charge >= 0.3 is 0 Å². The van der Waals surface area contributed by atoms with Gasteiger partial charge in [0.2, 0.25) is 0 Å². The van der Waals surface area contributed by atoms with E-state index in [9.17, 15) is 0 Å². The summed E-state index contributed by atoms with van der Waals surface area (Å²) in [5, 5.41) is 12.9. The van der Waals surface area contributed by atoms with E-state index in [1.807, 2.05) is 11.3 Å². The molecule has 0 atom stereocenters. The molecule has 0 saturated heterocycles. The van der Waals surface area contributed by atoms with Crippen molar-refractivity contribution in [3.63, 3.8) is 0 Å². The Labute approximate surface area is 296 Å². The zero-order valence-electron chi connectivity index (χ0n) is 27.5. The lowest BCUT2D eigenvalue weighted by molar-refractivity contribution is 1.18. The topological polar surface area (TPSA) is 9.34 Å². The van der Waals surface area contributed by atoms with Gasteiger partial charge in [-0.2, -0.15) is 0 Å². The summed E-state index contributed by atoms with van der Waals surface area (Å²) in [6.45, 7) is 0. The van der Waals surface area contributed by atoms with Gasteiger partial charge in [0, 0.05) is 58.2 Å². The second-order valence-electron chi connectivity index (χ2n) is 13.7. The van der Waals surface area contributed by atoms with Crippen molar-refractivity contribution in [2.24, 2.45) is 0 Å². The van der Waals surface area contributed by atoms with Gasteiger partial charge in [-0.25, -0.2) is 0 Å². The number of rotatable bonds is 2. The van der Waals surface area contributed by atoms with Crippen LogP contribution in [0.15, 0.2) is 170 Å². The van der Waals surface area contributed by atoms with Gasteiger partial charge in [0.05, 0.1) is 27.6 Å². The molecule has 0 aliphatic heterocycles. The summed E-state index contributed by atoms with van der Waals surface area (Å²) in [6, 6.07) is 63.0. The highest BCUT2D eigenvalue weighted by Crippen LogP contribution is 2.45. The Balaban J connectivity index is 1.29. The van der Waals surface area contributed by atoms with E-state index in [0.717, 1.165) is 5.69 Å². The molecule has 4 heterocycles. The minimum absolute atomic E-state index is 1.16. The standard InChI is InChI=1S/C48H28N2S/c1-2-11-29(12-3-1)30-23-25-31(26-24-30)49-40-19-6-5-14-33(40)38-27-43-39(28-42(38)49)37-18-8-17-36-35-16-10-22-45-47(35)46-34(15-9-21-44(46)51-45)32-13-4-7-20-41(32)50(43)48(36)37/h1-28H. The van der Waals surface area contributed by atoms with E-state index < -0.39 is 0 Å². The van der Waals surface area contributed by atoms with Crippen LogP contribution in [-0.2, 0) is 0 Å². The average molecular weight is 665 g/mol. The highest BCUT2D eigenvalue weighted by atomic mass is 32.1. The summed E-state index contributed by atoms with van der Waals surface area (Å²) in [5.74, 6) is 0. The van der Waals surface area contributed by atoms with Crippen molar-refractivity contribution in [1.82, 2.24) is 8.97 Å². The predicted molar refractivity (Wildman–Crippen MR) is 220 cm³/mol. The van der Waals surface area contributed by atoms with Crippen molar-refractivity contribution >= 4 is 102 Å². The lowest BCUT2D eigenvalue weighted by Gasteiger charge is -2.10. The SMILES string of the molecule is c1ccc(-c2ccc(-n3c4ccccc4c4cc5c(cc43)c3cccc4c6cccc7sc8cccc(c9ccccc9n5c43)c8c76)cc2)cc1. The summed E-state index contributed by atoms with van der Waals surface area (Å²) in [4.78, 5) is 0. The third-order valence-electron chi connectivity index (χ3n) is 11.1. The molecule has 0 aliphatic carbocycles. The highest BCUT2D eigenvalue weighted by molar-refractivity contribution is 7.26. The maximum atomic E-state index is 2.56. The van der Waals surface area contributed by atoms with Crippen LogP contribution in [0.25, 0.3) is 108 Å². The molecule has 51 heavy (non-hydrogen) atoms. The Kier molecular flexibility index (Phi) is 5.41. The van der Waals surface area contributed by atoms with Gasteiger partial charge < -0.3 is 8.97 Å². The van der Waals surface area contributed by atoms with Crippen LogP contribution in [0, 0.1) is 0 Å².